The molecule has 0 aromatic heterocycles. The number of nitrogens with one attached hydrogen (secondary N) is 1. The molecule has 20 heavy (non-hydrogen) atoms. The Labute approximate surface area is 129 Å². The Bertz CT molecular complexity index is 425. The smallest absolute Gasteiger partial charge is 0.251 e. The highest BCUT2D eigenvalue weighted by atomic mass is 79.9. The van der Waals surface area contributed by atoms with Gasteiger partial charge in [-0.1, -0.05) is 22.9 Å². The Balaban J connectivity index is 1.63. The fourth-order valence-electron chi connectivity index (χ4n) is 2.49. The molecule has 0 atom stereocenters. The molecule has 0 spiro atoms. The minimum Gasteiger partial charge on any atom is -0.352 e. The zero-order valence-corrected chi connectivity index (χ0v) is 13.7. The third kappa shape index (κ3) is 4.91. The van der Waals surface area contributed by atoms with Crippen LogP contribution in [0.2, 0.25) is 0 Å². The summed E-state index contributed by atoms with van der Waals surface area (Å²) in [5.41, 5.74) is 0.722. The van der Waals surface area contributed by atoms with Crippen LogP contribution in [0, 0.1) is 5.92 Å². The van der Waals surface area contributed by atoms with E-state index in [9.17, 15) is 4.79 Å². The van der Waals surface area contributed by atoms with Gasteiger partial charge in [0.15, 0.2) is 0 Å². The van der Waals surface area contributed by atoms with Crippen LogP contribution in [0.1, 0.15) is 36.5 Å². The van der Waals surface area contributed by atoms with Crippen molar-refractivity contribution in [3.63, 3.8) is 0 Å². The number of nitrogens with zero attached hydrogens (tertiary/aromatic N) is 1. The molecule has 110 valence electrons. The summed E-state index contributed by atoms with van der Waals surface area (Å²) >= 11 is 3.37. The Kier molecular flexibility index (Phi) is 6.05. The number of benzene rings is 1. The second-order valence-electron chi connectivity index (χ2n) is 5.64. The van der Waals surface area contributed by atoms with Gasteiger partial charge in [-0.3, -0.25) is 4.79 Å². The molecule has 0 radical (unpaired) electrons. The number of amides is 1. The topological polar surface area (TPSA) is 32.3 Å². The van der Waals surface area contributed by atoms with Crippen molar-refractivity contribution in [1.82, 2.24) is 10.2 Å². The summed E-state index contributed by atoms with van der Waals surface area (Å²) in [6.07, 6.45) is 3.65. The third-order valence-corrected chi connectivity index (χ3v) is 4.45. The first-order valence-electron chi connectivity index (χ1n) is 7.41. The van der Waals surface area contributed by atoms with Crippen LogP contribution < -0.4 is 5.32 Å². The van der Waals surface area contributed by atoms with Crippen molar-refractivity contribution >= 4 is 21.8 Å². The predicted octanol–water partition coefficient (Wildman–Crippen LogP) is 3.30. The summed E-state index contributed by atoms with van der Waals surface area (Å²) < 4.78 is 0.994. The number of carbonyl (C=O) groups is 1. The zero-order valence-electron chi connectivity index (χ0n) is 12.1. The number of hydrogen-bond donors (Lipinski definition) is 1. The molecule has 0 bridgehead atoms. The predicted molar refractivity (Wildman–Crippen MR) is 85.9 cm³/mol. The van der Waals surface area contributed by atoms with E-state index < -0.39 is 0 Å². The first kappa shape index (κ1) is 15.5. The molecule has 3 nitrogen and oxygen atoms in total. The van der Waals surface area contributed by atoms with Gasteiger partial charge < -0.3 is 10.2 Å². The normalized spacial score (nSPS) is 17.1. The van der Waals surface area contributed by atoms with E-state index in [2.05, 4.69) is 33.1 Å². The molecule has 1 heterocycles. The summed E-state index contributed by atoms with van der Waals surface area (Å²) in [6, 6.07) is 7.46. The van der Waals surface area contributed by atoms with Crippen LogP contribution in [0.25, 0.3) is 0 Å². The minimum atomic E-state index is 0.0183. The fraction of sp³-hybridized carbons (Fsp3) is 0.562. The SMILES string of the molecule is CC1CCN(CCCNC(=O)c2ccc(Br)cc2)CC1. The standard InChI is InChI=1S/C16H23BrN2O/c1-13-7-11-19(12-8-13)10-2-9-18-16(20)14-3-5-15(17)6-4-14/h3-6,13H,2,7-12H2,1H3,(H,18,20). The second-order valence-corrected chi connectivity index (χ2v) is 6.56. The van der Waals surface area contributed by atoms with Crippen LogP contribution in [0.15, 0.2) is 28.7 Å². The number of hydrogen-bond acceptors (Lipinski definition) is 2. The lowest BCUT2D eigenvalue weighted by Crippen LogP contribution is -2.35. The average molecular weight is 339 g/mol. The van der Waals surface area contributed by atoms with E-state index in [1.165, 1.54) is 25.9 Å². The van der Waals surface area contributed by atoms with Gasteiger partial charge in [-0.05, 0) is 69.1 Å². The molecule has 1 fully saturated rings. The highest BCUT2D eigenvalue weighted by Crippen LogP contribution is 2.15. The van der Waals surface area contributed by atoms with Crippen LogP contribution in [0.5, 0.6) is 0 Å². The maximum absolute atomic E-state index is 11.9. The molecule has 4 heteroatoms. The molecular formula is C16H23BrN2O. The van der Waals surface area contributed by atoms with Gasteiger partial charge in [0.05, 0.1) is 0 Å². The van der Waals surface area contributed by atoms with E-state index in [-0.39, 0.29) is 5.91 Å². The quantitative estimate of drug-likeness (QED) is 0.835. The van der Waals surface area contributed by atoms with E-state index in [1.54, 1.807) is 0 Å². The van der Waals surface area contributed by atoms with Gasteiger partial charge >= 0.3 is 0 Å². The number of rotatable bonds is 5. The molecule has 0 unspecified atom stereocenters. The van der Waals surface area contributed by atoms with E-state index in [0.717, 1.165) is 35.5 Å². The van der Waals surface area contributed by atoms with Crippen molar-refractivity contribution in [3.8, 4) is 0 Å². The first-order chi connectivity index (χ1) is 9.65. The average Bonchev–Trinajstić information content (AvgIpc) is 2.46. The first-order valence-corrected chi connectivity index (χ1v) is 8.20. The summed E-state index contributed by atoms with van der Waals surface area (Å²) in [7, 11) is 0. The molecule has 0 aliphatic carbocycles. The van der Waals surface area contributed by atoms with Gasteiger partial charge in [0.1, 0.15) is 0 Å². The van der Waals surface area contributed by atoms with Gasteiger partial charge in [0.25, 0.3) is 5.91 Å². The molecular weight excluding hydrogens is 316 g/mol. The van der Waals surface area contributed by atoms with E-state index in [0.29, 0.717) is 0 Å². The van der Waals surface area contributed by atoms with Crippen molar-refractivity contribution in [1.29, 1.82) is 0 Å². The minimum absolute atomic E-state index is 0.0183. The molecule has 1 amide bonds. The Morgan fingerprint density at radius 1 is 1.30 bits per heavy atom. The van der Waals surface area contributed by atoms with E-state index in [1.807, 2.05) is 24.3 Å². The Morgan fingerprint density at radius 2 is 1.95 bits per heavy atom. The monoisotopic (exact) mass is 338 g/mol. The third-order valence-electron chi connectivity index (χ3n) is 3.92. The van der Waals surface area contributed by atoms with Gasteiger partial charge in [0.2, 0.25) is 0 Å². The van der Waals surface area contributed by atoms with Crippen molar-refractivity contribution in [2.24, 2.45) is 5.92 Å². The van der Waals surface area contributed by atoms with Crippen LogP contribution >= 0.6 is 15.9 Å². The fourth-order valence-corrected chi connectivity index (χ4v) is 2.76. The summed E-state index contributed by atoms with van der Waals surface area (Å²) in [4.78, 5) is 14.4. The van der Waals surface area contributed by atoms with Crippen LogP contribution in [0.4, 0.5) is 0 Å². The molecule has 2 rings (SSSR count). The van der Waals surface area contributed by atoms with Crippen molar-refractivity contribution < 1.29 is 4.79 Å². The highest BCUT2D eigenvalue weighted by Gasteiger charge is 2.14. The van der Waals surface area contributed by atoms with Gasteiger partial charge in [0, 0.05) is 16.6 Å². The molecule has 1 aliphatic rings. The van der Waals surface area contributed by atoms with Crippen molar-refractivity contribution in [3.05, 3.63) is 34.3 Å². The van der Waals surface area contributed by atoms with Gasteiger partial charge in [-0.25, -0.2) is 0 Å². The Morgan fingerprint density at radius 3 is 2.60 bits per heavy atom. The number of halogens is 1. The molecule has 1 N–H and O–H groups in total. The number of likely N-dealkylation sites (tertiary alicyclic amines) is 1. The summed E-state index contributed by atoms with van der Waals surface area (Å²) in [5, 5.41) is 2.99. The zero-order chi connectivity index (χ0) is 14.4. The number of carbonyl (C=O) groups excluding carboxylic acids is 1. The van der Waals surface area contributed by atoms with Crippen molar-refractivity contribution in [2.45, 2.75) is 26.2 Å². The summed E-state index contributed by atoms with van der Waals surface area (Å²) in [6.45, 7) is 6.59. The largest absolute Gasteiger partial charge is 0.352 e. The summed E-state index contributed by atoms with van der Waals surface area (Å²) in [5.74, 6) is 0.896. The van der Waals surface area contributed by atoms with Crippen molar-refractivity contribution in [2.75, 3.05) is 26.2 Å². The van der Waals surface area contributed by atoms with Gasteiger partial charge in [-0.15, -0.1) is 0 Å². The van der Waals surface area contributed by atoms with Crippen LogP contribution in [-0.4, -0.2) is 37.0 Å². The lowest BCUT2D eigenvalue weighted by Gasteiger charge is -2.30. The van der Waals surface area contributed by atoms with Gasteiger partial charge in [-0.2, -0.15) is 0 Å². The number of piperidine rings is 1. The lowest BCUT2D eigenvalue weighted by atomic mass is 9.99. The molecule has 1 aromatic carbocycles. The van der Waals surface area contributed by atoms with Crippen LogP contribution in [0.3, 0.4) is 0 Å². The van der Waals surface area contributed by atoms with E-state index in [4.69, 9.17) is 0 Å². The molecule has 1 aliphatic heterocycles. The maximum Gasteiger partial charge on any atom is 0.251 e. The molecule has 1 saturated heterocycles. The molecule has 1 aromatic rings. The highest BCUT2D eigenvalue weighted by molar-refractivity contribution is 9.10. The van der Waals surface area contributed by atoms with Crippen LogP contribution in [-0.2, 0) is 0 Å². The second kappa shape index (κ2) is 7.79. The molecule has 0 saturated carbocycles. The maximum atomic E-state index is 11.9. The van der Waals surface area contributed by atoms with E-state index >= 15 is 0 Å². The Hall–Kier alpha value is -0.870. The lowest BCUT2D eigenvalue weighted by molar-refractivity contribution is 0.0950.